The second kappa shape index (κ2) is 4.93. The average Bonchev–Trinajstić information content (AvgIpc) is 2.64. The van der Waals surface area contributed by atoms with Crippen molar-refractivity contribution in [3.8, 4) is 0 Å². The van der Waals surface area contributed by atoms with Gasteiger partial charge in [0.25, 0.3) is 0 Å². The smallest absolute Gasteiger partial charge is 0.0607 e. The lowest BCUT2D eigenvalue weighted by atomic mass is 10.1. The molecule has 0 aliphatic heterocycles. The number of nitrogens with two attached hydrogens (primary N) is 1. The summed E-state index contributed by atoms with van der Waals surface area (Å²) < 4.78 is 0. The maximum Gasteiger partial charge on any atom is 0.0607 e. The molecule has 2 atom stereocenters. The first kappa shape index (κ1) is 11.5. The number of hydrogen-bond donors (Lipinski definition) is 4. The standard InChI is InChI=1S/C12H18N2O2/c13-11-5-12(14-8(6-15)7-16)10-4-2-1-3-9(10)11/h1-4,8,11-12,14-16H,5-7,13H2. The van der Waals surface area contributed by atoms with Crippen LogP contribution >= 0.6 is 0 Å². The molecule has 2 unspecified atom stereocenters. The van der Waals surface area contributed by atoms with Crippen molar-refractivity contribution >= 4 is 0 Å². The van der Waals surface area contributed by atoms with E-state index >= 15 is 0 Å². The van der Waals surface area contributed by atoms with Crippen LogP contribution in [0.1, 0.15) is 29.6 Å². The zero-order valence-corrected chi connectivity index (χ0v) is 9.13. The van der Waals surface area contributed by atoms with E-state index in [9.17, 15) is 0 Å². The fraction of sp³-hybridized carbons (Fsp3) is 0.500. The molecule has 0 radical (unpaired) electrons. The molecule has 1 aliphatic rings. The number of nitrogens with one attached hydrogen (secondary N) is 1. The Balaban J connectivity index is 2.14. The summed E-state index contributed by atoms with van der Waals surface area (Å²) in [6.45, 7) is -0.130. The van der Waals surface area contributed by atoms with Gasteiger partial charge < -0.3 is 21.3 Å². The minimum Gasteiger partial charge on any atom is -0.395 e. The predicted octanol–water partition coefficient (Wildman–Crippen LogP) is 0.0740. The molecule has 5 N–H and O–H groups in total. The molecule has 0 saturated carbocycles. The Labute approximate surface area is 95.1 Å². The third-order valence-corrected chi connectivity index (χ3v) is 3.14. The van der Waals surface area contributed by atoms with E-state index in [0.717, 1.165) is 12.0 Å². The van der Waals surface area contributed by atoms with Gasteiger partial charge in [-0.3, -0.25) is 0 Å². The molecule has 16 heavy (non-hydrogen) atoms. The van der Waals surface area contributed by atoms with E-state index in [4.69, 9.17) is 15.9 Å². The summed E-state index contributed by atoms with van der Waals surface area (Å²) >= 11 is 0. The normalized spacial score (nSPS) is 23.8. The van der Waals surface area contributed by atoms with E-state index < -0.39 is 0 Å². The van der Waals surface area contributed by atoms with Gasteiger partial charge in [-0.05, 0) is 17.5 Å². The van der Waals surface area contributed by atoms with Crippen molar-refractivity contribution < 1.29 is 10.2 Å². The number of hydrogen-bond acceptors (Lipinski definition) is 4. The molecule has 0 fully saturated rings. The average molecular weight is 222 g/mol. The van der Waals surface area contributed by atoms with E-state index in [1.165, 1.54) is 5.56 Å². The first-order valence-corrected chi connectivity index (χ1v) is 5.58. The second-order valence-electron chi connectivity index (χ2n) is 4.25. The molecule has 1 aliphatic carbocycles. The molecule has 0 spiro atoms. The van der Waals surface area contributed by atoms with Crippen LogP contribution in [-0.4, -0.2) is 29.5 Å². The SMILES string of the molecule is NC1CC(NC(CO)CO)c2ccccc21. The van der Waals surface area contributed by atoms with Gasteiger partial charge in [-0.25, -0.2) is 0 Å². The van der Waals surface area contributed by atoms with Crippen molar-refractivity contribution in [2.24, 2.45) is 5.73 Å². The lowest BCUT2D eigenvalue weighted by molar-refractivity contribution is 0.161. The summed E-state index contributed by atoms with van der Waals surface area (Å²) in [6.07, 6.45) is 0.815. The highest BCUT2D eigenvalue weighted by molar-refractivity contribution is 5.37. The molecule has 1 aromatic carbocycles. The number of fused-ring (bicyclic) bond motifs is 1. The maximum atomic E-state index is 9.05. The van der Waals surface area contributed by atoms with Crippen molar-refractivity contribution in [1.29, 1.82) is 0 Å². The van der Waals surface area contributed by atoms with Crippen LogP contribution in [0.2, 0.25) is 0 Å². The Hall–Kier alpha value is -0.940. The van der Waals surface area contributed by atoms with Gasteiger partial charge in [0, 0.05) is 12.1 Å². The van der Waals surface area contributed by atoms with E-state index in [2.05, 4.69) is 5.32 Å². The number of benzene rings is 1. The molecule has 0 amide bonds. The summed E-state index contributed by atoms with van der Waals surface area (Å²) in [5, 5.41) is 21.3. The van der Waals surface area contributed by atoms with Crippen molar-refractivity contribution in [2.75, 3.05) is 13.2 Å². The zero-order valence-electron chi connectivity index (χ0n) is 9.13. The molecule has 0 aromatic heterocycles. The summed E-state index contributed by atoms with van der Waals surface area (Å²) in [6, 6.07) is 7.96. The molecule has 4 heteroatoms. The highest BCUT2D eigenvalue weighted by atomic mass is 16.3. The molecular weight excluding hydrogens is 204 g/mol. The summed E-state index contributed by atoms with van der Waals surface area (Å²) in [5.74, 6) is 0. The van der Waals surface area contributed by atoms with Gasteiger partial charge >= 0.3 is 0 Å². The van der Waals surface area contributed by atoms with E-state index in [1.807, 2.05) is 24.3 Å². The number of rotatable bonds is 4. The minimum atomic E-state index is -0.275. The van der Waals surface area contributed by atoms with Crippen LogP contribution in [-0.2, 0) is 0 Å². The van der Waals surface area contributed by atoms with E-state index in [1.54, 1.807) is 0 Å². The van der Waals surface area contributed by atoms with Crippen LogP contribution < -0.4 is 11.1 Å². The lowest BCUT2D eigenvalue weighted by Gasteiger charge is -2.20. The van der Waals surface area contributed by atoms with Crippen LogP contribution in [0.5, 0.6) is 0 Å². The maximum absolute atomic E-state index is 9.05. The number of aliphatic hydroxyl groups is 2. The van der Waals surface area contributed by atoms with Gasteiger partial charge in [0.2, 0.25) is 0 Å². The Kier molecular flexibility index (Phi) is 3.56. The van der Waals surface area contributed by atoms with Gasteiger partial charge in [-0.15, -0.1) is 0 Å². The Bertz CT molecular complexity index is 353. The highest BCUT2D eigenvalue weighted by Crippen LogP contribution is 2.37. The second-order valence-corrected chi connectivity index (χ2v) is 4.25. The Morgan fingerprint density at radius 2 is 1.88 bits per heavy atom. The van der Waals surface area contributed by atoms with Crippen molar-refractivity contribution in [1.82, 2.24) is 5.32 Å². The molecule has 88 valence electrons. The fourth-order valence-corrected chi connectivity index (χ4v) is 2.28. The van der Waals surface area contributed by atoms with Crippen molar-refractivity contribution in [3.63, 3.8) is 0 Å². The summed E-state index contributed by atoms with van der Waals surface area (Å²) in [7, 11) is 0. The summed E-state index contributed by atoms with van der Waals surface area (Å²) in [4.78, 5) is 0. The lowest BCUT2D eigenvalue weighted by Crippen LogP contribution is -2.37. The monoisotopic (exact) mass is 222 g/mol. The quantitative estimate of drug-likeness (QED) is 0.581. The Morgan fingerprint density at radius 1 is 1.25 bits per heavy atom. The molecular formula is C12H18N2O2. The fourth-order valence-electron chi connectivity index (χ4n) is 2.28. The topological polar surface area (TPSA) is 78.5 Å². The largest absolute Gasteiger partial charge is 0.395 e. The third-order valence-electron chi connectivity index (χ3n) is 3.14. The van der Waals surface area contributed by atoms with Crippen LogP contribution in [0, 0.1) is 0 Å². The first-order chi connectivity index (χ1) is 7.76. The highest BCUT2D eigenvalue weighted by Gasteiger charge is 2.29. The van der Waals surface area contributed by atoms with Crippen molar-refractivity contribution in [3.05, 3.63) is 35.4 Å². The van der Waals surface area contributed by atoms with Crippen LogP contribution in [0.15, 0.2) is 24.3 Å². The van der Waals surface area contributed by atoms with Gasteiger partial charge in [0.05, 0.1) is 19.3 Å². The van der Waals surface area contributed by atoms with Crippen LogP contribution in [0.4, 0.5) is 0 Å². The number of aliphatic hydroxyl groups excluding tert-OH is 2. The summed E-state index contributed by atoms with van der Waals surface area (Å²) in [5.41, 5.74) is 8.37. The van der Waals surface area contributed by atoms with Gasteiger partial charge in [-0.2, -0.15) is 0 Å². The molecule has 0 saturated heterocycles. The van der Waals surface area contributed by atoms with E-state index in [0.29, 0.717) is 0 Å². The van der Waals surface area contributed by atoms with Gasteiger partial charge in [-0.1, -0.05) is 24.3 Å². The molecule has 0 bridgehead atoms. The molecule has 1 aromatic rings. The van der Waals surface area contributed by atoms with Gasteiger partial charge in [0.15, 0.2) is 0 Å². The van der Waals surface area contributed by atoms with E-state index in [-0.39, 0.29) is 31.3 Å². The zero-order chi connectivity index (χ0) is 11.5. The predicted molar refractivity (Wildman–Crippen MR) is 61.8 cm³/mol. The van der Waals surface area contributed by atoms with Gasteiger partial charge in [0.1, 0.15) is 0 Å². The Morgan fingerprint density at radius 3 is 2.50 bits per heavy atom. The van der Waals surface area contributed by atoms with Crippen LogP contribution in [0.25, 0.3) is 0 Å². The molecule has 4 nitrogen and oxygen atoms in total. The van der Waals surface area contributed by atoms with Crippen LogP contribution in [0.3, 0.4) is 0 Å². The molecule has 0 heterocycles. The first-order valence-electron chi connectivity index (χ1n) is 5.58. The third kappa shape index (κ3) is 2.10. The molecule has 2 rings (SSSR count). The van der Waals surface area contributed by atoms with Crippen molar-refractivity contribution in [2.45, 2.75) is 24.5 Å². The minimum absolute atomic E-state index is 0.0479.